The highest BCUT2D eigenvalue weighted by molar-refractivity contribution is 8.00. The van der Waals surface area contributed by atoms with Crippen LogP contribution in [-0.4, -0.2) is 5.75 Å². The molecule has 0 nitrogen and oxygen atoms in total. The predicted molar refractivity (Wildman–Crippen MR) is 59.2 cm³/mol. The predicted octanol–water partition coefficient (Wildman–Crippen LogP) is 2.73. The molecular formula is C11H8S2. The number of terminal acetylenes is 2. The zero-order valence-corrected chi connectivity index (χ0v) is 8.89. The van der Waals surface area contributed by atoms with Gasteiger partial charge in [0, 0.05) is 26.5 Å². The smallest absolute Gasteiger partial charge is 0.0730 e. The summed E-state index contributed by atoms with van der Waals surface area (Å²) in [5, 5.41) is 2.02. The first-order valence-corrected chi connectivity index (χ1v) is 5.77. The fourth-order valence-corrected chi connectivity index (χ4v) is 4.17. The molecule has 1 unspecified atom stereocenters. The Morgan fingerprint density at radius 3 is 2.92 bits per heavy atom. The highest BCUT2D eigenvalue weighted by Crippen LogP contribution is 2.48. The van der Waals surface area contributed by atoms with Gasteiger partial charge in [-0.3, -0.25) is 0 Å². The second-order valence-electron chi connectivity index (χ2n) is 3.22. The van der Waals surface area contributed by atoms with Crippen molar-refractivity contribution in [3.8, 4) is 24.7 Å². The summed E-state index contributed by atoms with van der Waals surface area (Å²) in [6, 6.07) is 0. The third-order valence-electron chi connectivity index (χ3n) is 2.23. The molecule has 1 aromatic rings. The van der Waals surface area contributed by atoms with E-state index in [2.05, 4.69) is 18.8 Å². The summed E-state index contributed by atoms with van der Waals surface area (Å²) in [5.74, 6) is 6.50. The lowest BCUT2D eigenvalue weighted by Gasteiger charge is -2.13. The average molecular weight is 204 g/mol. The summed E-state index contributed by atoms with van der Waals surface area (Å²) in [6.45, 7) is 2.10. The maximum Gasteiger partial charge on any atom is 0.0730 e. The summed E-state index contributed by atoms with van der Waals surface area (Å²) < 4.78 is 0. The molecule has 0 radical (unpaired) electrons. The summed E-state index contributed by atoms with van der Waals surface area (Å²) >= 11 is 3.47. The molecule has 0 N–H and O–H groups in total. The Hall–Kier alpha value is -0.830. The van der Waals surface area contributed by atoms with E-state index < -0.39 is 0 Å². The van der Waals surface area contributed by atoms with Crippen LogP contribution in [0.3, 0.4) is 0 Å². The number of hydrogen-bond donors (Lipinski definition) is 0. The van der Waals surface area contributed by atoms with Gasteiger partial charge < -0.3 is 0 Å². The van der Waals surface area contributed by atoms with E-state index in [0.29, 0.717) is 0 Å². The molecule has 2 rings (SSSR count). The van der Waals surface area contributed by atoms with Crippen LogP contribution >= 0.6 is 23.1 Å². The Morgan fingerprint density at radius 1 is 1.54 bits per heavy atom. The molecule has 0 amide bonds. The second kappa shape index (κ2) is 2.84. The molecule has 0 aromatic carbocycles. The third kappa shape index (κ3) is 1.10. The van der Waals surface area contributed by atoms with Gasteiger partial charge in [-0.05, 0) is 6.92 Å². The van der Waals surface area contributed by atoms with E-state index in [4.69, 9.17) is 12.8 Å². The molecule has 0 bridgehead atoms. The largest absolute Gasteiger partial charge is 0.145 e. The molecule has 2 heterocycles. The second-order valence-corrected chi connectivity index (χ2v) is 5.08. The summed E-state index contributed by atoms with van der Waals surface area (Å²) in [7, 11) is 0. The van der Waals surface area contributed by atoms with E-state index in [-0.39, 0.29) is 5.41 Å². The normalized spacial score (nSPS) is 24.8. The number of fused-ring (bicyclic) bond motifs is 1. The van der Waals surface area contributed by atoms with E-state index >= 15 is 0 Å². The van der Waals surface area contributed by atoms with Crippen LogP contribution in [0.1, 0.15) is 17.4 Å². The van der Waals surface area contributed by atoms with Crippen LogP contribution in [0, 0.1) is 24.7 Å². The van der Waals surface area contributed by atoms with Gasteiger partial charge in [0.15, 0.2) is 0 Å². The minimum atomic E-state index is -0.0975. The molecule has 1 aromatic heterocycles. The monoisotopic (exact) mass is 204 g/mol. The first-order valence-electron chi connectivity index (χ1n) is 3.90. The SMILES string of the molecule is C#Cc1csc2c1SCC2(C)C#C. The van der Waals surface area contributed by atoms with Crippen LogP contribution in [0.25, 0.3) is 0 Å². The number of thioether (sulfide) groups is 1. The van der Waals surface area contributed by atoms with Crippen molar-refractivity contribution in [2.75, 3.05) is 5.75 Å². The Kier molecular flexibility index (Phi) is 1.91. The third-order valence-corrected chi connectivity index (χ3v) is 5.03. The lowest BCUT2D eigenvalue weighted by atomic mass is 9.92. The average Bonchev–Trinajstić information content (AvgIpc) is 2.68. The molecule has 0 saturated heterocycles. The van der Waals surface area contributed by atoms with Gasteiger partial charge in [0.1, 0.15) is 0 Å². The summed E-state index contributed by atoms with van der Waals surface area (Å²) in [4.78, 5) is 2.50. The van der Waals surface area contributed by atoms with Gasteiger partial charge in [-0.1, -0.05) is 11.8 Å². The standard InChI is InChI=1S/C11H8S2/c1-4-8-6-12-10-9(8)13-7-11(10,3)5-2/h1-2,6H,7H2,3H3. The fraction of sp³-hybridized carbons (Fsp3) is 0.273. The number of rotatable bonds is 0. The van der Waals surface area contributed by atoms with Crippen LogP contribution in [-0.2, 0) is 5.41 Å². The van der Waals surface area contributed by atoms with Gasteiger partial charge in [-0.25, -0.2) is 0 Å². The van der Waals surface area contributed by atoms with E-state index in [9.17, 15) is 0 Å². The van der Waals surface area contributed by atoms with Gasteiger partial charge in [-0.2, -0.15) is 0 Å². The van der Waals surface area contributed by atoms with Crippen molar-refractivity contribution in [2.45, 2.75) is 17.2 Å². The van der Waals surface area contributed by atoms with Crippen molar-refractivity contribution < 1.29 is 0 Å². The number of hydrogen-bond acceptors (Lipinski definition) is 2. The van der Waals surface area contributed by atoms with E-state index in [0.717, 1.165) is 11.3 Å². The zero-order valence-electron chi connectivity index (χ0n) is 7.26. The lowest BCUT2D eigenvalue weighted by Crippen LogP contribution is -2.16. The molecule has 2 heteroatoms. The molecule has 1 aliphatic heterocycles. The van der Waals surface area contributed by atoms with Crippen LogP contribution in [0.4, 0.5) is 0 Å². The van der Waals surface area contributed by atoms with Gasteiger partial charge in [0.25, 0.3) is 0 Å². The van der Waals surface area contributed by atoms with Crippen LogP contribution < -0.4 is 0 Å². The highest BCUT2D eigenvalue weighted by atomic mass is 32.2. The van der Waals surface area contributed by atoms with Crippen molar-refractivity contribution >= 4 is 23.1 Å². The van der Waals surface area contributed by atoms with Crippen molar-refractivity contribution in [3.63, 3.8) is 0 Å². The quantitative estimate of drug-likeness (QED) is 0.586. The first-order chi connectivity index (χ1) is 6.21. The Bertz CT molecular complexity index is 428. The maximum absolute atomic E-state index is 5.53. The molecule has 0 fully saturated rings. The van der Waals surface area contributed by atoms with Crippen molar-refractivity contribution in [1.29, 1.82) is 0 Å². The van der Waals surface area contributed by atoms with Gasteiger partial charge in [-0.15, -0.1) is 35.9 Å². The maximum atomic E-state index is 5.53. The zero-order chi connectivity index (χ0) is 9.47. The van der Waals surface area contributed by atoms with Crippen molar-refractivity contribution in [1.82, 2.24) is 0 Å². The lowest BCUT2D eigenvalue weighted by molar-refractivity contribution is 0.734. The Labute approximate surface area is 86.7 Å². The van der Waals surface area contributed by atoms with E-state index in [1.54, 1.807) is 23.1 Å². The molecule has 1 atom stereocenters. The molecule has 0 spiro atoms. The fourth-order valence-electron chi connectivity index (χ4n) is 1.36. The molecule has 0 saturated carbocycles. The number of thiophene rings is 1. The molecule has 0 aliphatic carbocycles. The van der Waals surface area contributed by atoms with E-state index in [1.165, 1.54) is 9.77 Å². The molecule has 64 valence electrons. The molecule has 13 heavy (non-hydrogen) atoms. The van der Waals surface area contributed by atoms with Crippen LogP contribution in [0.15, 0.2) is 10.3 Å². The van der Waals surface area contributed by atoms with Crippen molar-refractivity contribution in [2.24, 2.45) is 0 Å². The Morgan fingerprint density at radius 2 is 2.31 bits per heavy atom. The molecule has 1 aliphatic rings. The highest BCUT2D eigenvalue weighted by Gasteiger charge is 2.36. The van der Waals surface area contributed by atoms with Gasteiger partial charge in [0.05, 0.1) is 5.41 Å². The Balaban J connectivity index is 2.60. The van der Waals surface area contributed by atoms with Gasteiger partial charge in [0.2, 0.25) is 0 Å². The van der Waals surface area contributed by atoms with Crippen LogP contribution in [0.2, 0.25) is 0 Å². The van der Waals surface area contributed by atoms with E-state index in [1.807, 2.05) is 5.38 Å². The van der Waals surface area contributed by atoms with Gasteiger partial charge >= 0.3 is 0 Å². The minimum Gasteiger partial charge on any atom is -0.145 e. The van der Waals surface area contributed by atoms with Crippen LogP contribution in [0.5, 0.6) is 0 Å². The minimum absolute atomic E-state index is 0.0975. The topological polar surface area (TPSA) is 0 Å². The van der Waals surface area contributed by atoms with Crippen molar-refractivity contribution in [3.05, 3.63) is 15.8 Å². The molecular weight excluding hydrogens is 196 g/mol. The summed E-state index contributed by atoms with van der Waals surface area (Å²) in [5.41, 5.74) is 0.906. The summed E-state index contributed by atoms with van der Waals surface area (Å²) in [6.07, 6.45) is 10.9. The first kappa shape index (κ1) is 8.75.